The van der Waals surface area contributed by atoms with Crippen LogP contribution in [-0.4, -0.2) is 50.3 Å². The van der Waals surface area contributed by atoms with E-state index in [1.54, 1.807) is 7.11 Å². The number of piperidine rings is 1. The largest absolute Gasteiger partial charge is 0.379 e. The standard InChI is InChI=1S/C11H21NO3/c1-4-15-8-11(13)12-6-5-9(2)10(7-12)14-3/h9-10H,4-8H2,1-3H3. The van der Waals surface area contributed by atoms with Crippen molar-refractivity contribution < 1.29 is 14.3 Å². The molecule has 1 aliphatic rings. The van der Waals surface area contributed by atoms with Crippen molar-refractivity contribution in [2.24, 2.45) is 5.92 Å². The summed E-state index contributed by atoms with van der Waals surface area (Å²) in [6.07, 6.45) is 1.18. The lowest BCUT2D eigenvalue weighted by atomic mass is 9.96. The Morgan fingerprint density at radius 3 is 2.87 bits per heavy atom. The summed E-state index contributed by atoms with van der Waals surface area (Å²) in [4.78, 5) is 13.5. The molecular formula is C11H21NO3. The van der Waals surface area contributed by atoms with Crippen LogP contribution in [0, 0.1) is 5.92 Å². The van der Waals surface area contributed by atoms with E-state index in [0.717, 1.165) is 13.0 Å². The predicted molar refractivity (Wildman–Crippen MR) is 57.7 cm³/mol. The summed E-state index contributed by atoms with van der Waals surface area (Å²) in [6, 6.07) is 0. The average molecular weight is 215 g/mol. The molecule has 0 aromatic rings. The molecule has 4 nitrogen and oxygen atoms in total. The Hall–Kier alpha value is -0.610. The zero-order chi connectivity index (χ0) is 11.3. The van der Waals surface area contributed by atoms with Gasteiger partial charge in [-0.05, 0) is 19.3 Å². The topological polar surface area (TPSA) is 38.8 Å². The van der Waals surface area contributed by atoms with Gasteiger partial charge in [-0.2, -0.15) is 0 Å². The van der Waals surface area contributed by atoms with E-state index in [2.05, 4.69) is 6.92 Å². The van der Waals surface area contributed by atoms with Crippen molar-refractivity contribution in [2.75, 3.05) is 33.4 Å². The first kappa shape index (κ1) is 12.5. The second-order valence-corrected chi connectivity index (χ2v) is 4.02. The van der Waals surface area contributed by atoms with Crippen molar-refractivity contribution in [1.82, 2.24) is 4.90 Å². The van der Waals surface area contributed by atoms with Crippen LogP contribution in [0.1, 0.15) is 20.3 Å². The van der Waals surface area contributed by atoms with Gasteiger partial charge in [0.1, 0.15) is 6.61 Å². The summed E-state index contributed by atoms with van der Waals surface area (Å²) in [5.74, 6) is 0.608. The van der Waals surface area contributed by atoms with Crippen molar-refractivity contribution >= 4 is 5.91 Å². The molecule has 0 aromatic heterocycles. The van der Waals surface area contributed by atoms with Crippen LogP contribution in [0.4, 0.5) is 0 Å². The monoisotopic (exact) mass is 215 g/mol. The number of methoxy groups -OCH3 is 1. The van der Waals surface area contributed by atoms with E-state index in [4.69, 9.17) is 9.47 Å². The van der Waals surface area contributed by atoms with Gasteiger partial charge in [-0.3, -0.25) is 4.79 Å². The molecule has 1 saturated heterocycles. The van der Waals surface area contributed by atoms with Gasteiger partial charge in [0.25, 0.3) is 0 Å². The number of likely N-dealkylation sites (tertiary alicyclic amines) is 1. The molecule has 1 heterocycles. The Bertz CT molecular complexity index is 208. The Morgan fingerprint density at radius 1 is 1.53 bits per heavy atom. The smallest absolute Gasteiger partial charge is 0.248 e. The van der Waals surface area contributed by atoms with Crippen LogP contribution in [0.5, 0.6) is 0 Å². The summed E-state index contributed by atoms with van der Waals surface area (Å²) in [5.41, 5.74) is 0. The van der Waals surface area contributed by atoms with Gasteiger partial charge in [0.2, 0.25) is 5.91 Å². The lowest BCUT2D eigenvalue weighted by molar-refractivity contribution is -0.140. The maximum absolute atomic E-state index is 11.7. The number of hydrogen-bond acceptors (Lipinski definition) is 3. The Kier molecular flexibility index (Phi) is 5.05. The lowest BCUT2D eigenvalue weighted by Crippen LogP contribution is -2.47. The van der Waals surface area contributed by atoms with Crippen molar-refractivity contribution in [3.05, 3.63) is 0 Å². The zero-order valence-electron chi connectivity index (χ0n) is 9.86. The minimum Gasteiger partial charge on any atom is -0.379 e. The first-order chi connectivity index (χ1) is 7.19. The number of carbonyl (C=O) groups excluding carboxylic acids is 1. The number of rotatable bonds is 4. The third-order valence-corrected chi connectivity index (χ3v) is 2.97. The third kappa shape index (κ3) is 3.47. The molecule has 0 N–H and O–H groups in total. The molecule has 2 unspecified atom stereocenters. The van der Waals surface area contributed by atoms with Gasteiger partial charge in [-0.25, -0.2) is 0 Å². The van der Waals surface area contributed by atoms with Gasteiger partial charge < -0.3 is 14.4 Å². The van der Waals surface area contributed by atoms with Gasteiger partial charge in [0, 0.05) is 26.8 Å². The average Bonchev–Trinajstić information content (AvgIpc) is 2.26. The number of ether oxygens (including phenoxy) is 2. The Balaban J connectivity index is 2.40. The summed E-state index contributed by atoms with van der Waals surface area (Å²) >= 11 is 0. The molecular weight excluding hydrogens is 194 g/mol. The van der Waals surface area contributed by atoms with E-state index in [0.29, 0.717) is 19.1 Å². The second kappa shape index (κ2) is 6.08. The molecule has 0 saturated carbocycles. The first-order valence-corrected chi connectivity index (χ1v) is 5.57. The van der Waals surface area contributed by atoms with Gasteiger partial charge in [-0.1, -0.05) is 6.92 Å². The maximum atomic E-state index is 11.7. The SMILES string of the molecule is CCOCC(=O)N1CCC(C)C(OC)C1. The van der Waals surface area contributed by atoms with Gasteiger partial charge in [0.15, 0.2) is 0 Å². The molecule has 1 amide bonds. The molecule has 4 heteroatoms. The summed E-state index contributed by atoms with van der Waals surface area (Å²) in [6.45, 7) is 6.36. The maximum Gasteiger partial charge on any atom is 0.248 e. The molecule has 0 radical (unpaired) electrons. The molecule has 1 rings (SSSR count). The quantitative estimate of drug-likeness (QED) is 0.699. The van der Waals surface area contributed by atoms with Crippen LogP contribution in [0.2, 0.25) is 0 Å². The van der Waals surface area contributed by atoms with Gasteiger partial charge >= 0.3 is 0 Å². The van der Waals surface area contributed by atoms with Crippen molar-refractivity contribution in [1.29, 1.82) is 0 Å². The normalized spacial score (nSPS) is 26.7. The van der Waals surface area contributed by atoms with Crippen LogP contribution >= 0.6 is 0 Å². The summed E-state index contributed by atoms with van der Waals surface area (Å²) < 4.78 is 10.5. The van der Waals surface area contributed by atoms with Crippen LogP contribution < -0.4 is 0 Å². The second-order valence-electron chi connectivity index (χ2n) is 4.02. The first-order valence-electron chi connectivity index (χ1n) is 5.57. The van der Waals surface area contributed by atoms with E-state index in [1.807, 2.05) is 11.8 Å². The number of carbonyl (C=O) groups is 1. The highest BCUT2D eigenvalue weighted by Gasteiger charge is 2.28. The van der Waals surface area contributed by atoms with E-state index in [9.17, 15) is 4.79 Å². The van der Waals surface area contributed by atoms with Gasteiger partial charge in [0.05, 0.1) is 6.10 Å². The molecule has 0 aromatic carbocycles. The van der Waals surface area contributed by atoms with E-state index in [1.165, 1.54) is 0 Å². The molecule has 0 aliphatic carbocycles. The number of hydrogen-bond donors (Lipinski definition) is 0. The fraction of sp³-hybridized carbons (Fsp3) is 0.909. The zero-order valence-corrected chi connectivity index (χ0v) is 9.86. The minimum absolute atomic E-state index is 0.0748. The van der Waals surface area contributed by atoms with Crippen molar-refractivity contribution in [3.63, 3.8) is 0 Å². The highest BCUT2D eigenvalue weighted by molar-refractivity contribution is 5.77. The van der Waals surface area contributed by atoms with E-state index >= 15 is 0 Å². The van der Waals surface area contributed by atoms with Gasteiger partial charge in [-0.15, -0.1) is 0 Å². The van der Waals surface area contributed by atoms with Crippen LogP contribution in [0.3, 0.4) is 0 Å². The summed E-state index contributed by atoms with van der Waals surface area (Å²) in [7, 11) is 1.71. The van der Waals surface area contributed by atoms with Crippen LogP contribution in [-0.2, 0) is 14.3 Å². The number of nitrogens with zero attached hydrogens (tertiary/aromatic N) is 1. The molecule has 2 atom stereocenters. The molecule has 0 spiro atoms. The van der Waals surface area contributed by atoms with Crippen molar-refractivity contribution in [3.8, 4) is 0 Å². The van der Waals surface area contributed by atoms with Crippen molar-refractivity contribution in [2.45, 2.75) is 26.4 Å². The predicted octanol–water partition coefficient (Wildman–Crippen LogP) is 0.906. The van der Waals surface area contributed by atoms with E-state index < -0.39 is 0 Å². The molecule has 0 bridgehead atoms. The Morgan fingerprint density at radius 2 is 2.27 bits per heavy atom. The molecule has 15 heavy (non-hydrogen) atoms. The fourth-order valence-electron chi connectivity index (χ4n) is 1.85. The highest BCUT2D eigenvalue weighted by Crippen LogP contribution is 2.19. The molecule has 1 fully saturated rings. The van der Waals surface area contributed by atoms with E-state index in [-0.39, 0.29) is 18.6 Å². The lowest BCUT2D eigenvalue weighted by Gasteiger charge is -2.36. The fourth-order valence-corrected chi connectivity index (χ4v) is 1.85. The Labute approximate surface area is 91.5 Å². The molecule has 1 aliphatic heterocycles. The third-order valence-electron chi connectivity index (χ3n) is 2.97. The minimum atomic E-state index is 0.0748. The molecule has 88 valence electrons. The van der Waals surface area contributed by atoms with Crippen LogP contribution in [0.15, 0.2) is 0 Å². The summed E-state index contributed by atoms with van der Waals surface area (Å²) in [5, 5.41) is 0. The van der Waals surface area contributed by atoms with Crippen LogP contribution in [0.25, 0.3) is 0 Å². The highest BCUT2D eigenvalue weighted by atomic mass is 16.5. The number of amides is 1.